The van der Waals surface area contributed by atoms with Gasteiger partial charge >= 0.3 is 0 Å². The van der Waals surface area contributed by atoms with Gasteiger partial charge in [-0.15, -0.1) is 0 Å². The summed E-state index contributed by atoms with van der Waals surface area (Å²) in [5.41, 5.74) is 1.67. The minimum absolute atomic E-state index is 0.211. The van der Waals surface area contributed by atoms with Gasteiger partial charge in [0.2, 0.25) is 0 Å². The lowest BCUT2D eigenvalue weighted by atomic mass is 10.1. The van der Waals surface area contributed by atoms with E-state index in [9.17, 15) is 10.2 Å². The molecule has 1 atom stereocenters. The summed E-state index contributed by atoms with van der Waals surface area (Å²) in [7, 11) is 0. The van der Waals surface area contributed by atoms with Crippen LogP contribution in [0.1, 0.15) is 17.2 Å². The molecule has 3 heteroatoms. The number of aliphatic hydroxyl groups excluding tert-OH is 1. The van der Waals surface area contributed by atoms with Crippen LogP contribution in [-0.4, -0.2) is 23.0 Å². The maximum absolute atomic E-state index is 9.89. The molecule has 0 bridgehead atoms. The lowest BCUT2D eigenvalue weighted by Gasteiger charge is -2.07. The van der Waals surface area contributed by atoms with Gasteiger partial charge in [-0.25, -0.2) is 0 Å². The number of phenols is 1. The fraction of sp³-hybridized carbons (Fsp3) is 0.133. The Morgan fingerprint density at radius 1 is 1.06 bits per heavy atom. The number of aromatic hydroxyl groups is 1. The van der Waals surface area contributed by atoms with Crippen molar-refractivity contribution in [3.63, 3.8) is 0 Å². The summed E-state index contributed by atoms with van der Waals surface area (Å²) in [4.78, 5) is 4.17. The van der Waals surface area contributed by atoms with E-state index < -0.39 is 6.10 Å². The van der Waals surface area contributed by atoms with Crippen LogP contribution in [0.15, 0.2) is 59.6 Å². The van der Waals surface area contributed by atoms with E-state index in [1.165, 1.54) is 0 Å². The van der Waals surface area contributed by atoms with Crippen molar-refractivity contribution >= 4 is 6.21 Å². The second-order valence-electron chi connectivity index (χ2n) is 4.02. The summed E-state index contributed by atoms with van der Waals surface area (Å²) in [5, 5.41) is 19.2. The smallest absolute Gasteiger partial charge is 0.116 e. The van der Waals surface area contributed by atoms with Crippen molar-refractivity contribution in [3.05, 3.63) is 65.7 Å². The molecule has 2 rings (SSSR count). The van der Waals surface area contributed by atoms with E-state index in [1.54, 1.807) is 24.4 Å². The Labute approximate surface area is 106 Å². The molecule has 2 aromatic rings. The minimum atomic E-state index is -0.597. The second-order valence-corrected chi connectivity index (χ2v) is 4.02. The number of aliphatic imine (C=N–C) groups is 1. The van der Waals surface area contributed by atoms with Gasteiger partial charge in [-0.05, 0) is 23.3 Å². The van der Waals surface area contributed by atoms with Crippen molar-refractivity contribution in [2.45, 2.75) is 6.10 Å². The molecule has 0 aliphatic rings. The SMILES string of the molecule is Oc1cccc(C=NC[C@H](O)c2ccccc2)c1. The Morgan fingerprint density at radius 2 is 1.83 bits per heavy atom. The van der Waals surface area contributed by atoms with Crippen LogP contribution in [0.25, 0.3) is 0 Å². The lowest BCUT2D eigenvalue weighted by molar-refractivity contribution is 0.187. The molecule has 0 amide bonds. The van der Waals surface area contributed by atoms with Gasteiger partial charge in [0, 0.05) is 6.21 Å². The highest BCUT2D eigenvalue weighted by Crippen LogP contribution is 2.12. The predicted octanol–water partition coefficient (Wildman–Crippen LogP) is 2.54. The highest BCUT2D eigenvalue weighted by molar-refractivity contribution is 5.80. The molecule has 0 saturated carbocycles. The third-order valence-electron chi connectivity index (χ3n) is 2.57. The number of benzene rings is 2. The number of nitrogens with zero attached hydrogens (tertiary/aromatic N) is 1. The van der Waals surface area contributed by atoms with E-state index >= 15 is 0 Å². The van der Waals surface area contributed by atoms with Gasteiger partial charge in [0.1, 0.15) is 5.75 Å². The van der Waals surface area contributed by atoms with E-state index in [1.807, 2.05) is 36.4 Å². The van der Waals surface area contributed by atoms with Gasteiger partial charge in [-0.1, -0.05) is 42.5 Å². The number of rotatable bonds is 4. The molecule has 0 radical (unpaired) electrons. The van der Waals surface area contributed by atoms with Crippen molar-refractivity contribution in [1.29, 1.82) is 0 Å². The van der Waals surface area contributed by atoms with Crippen molar-refractivity contribution < 1.29 is 10.2 Å². The van der Waals surface area contributed by atoms with Crippen LogP contribution in [-0.2, 0) is 0 Å². The molecule has 0 saturated heterocycles. The first-order valence-electron chi connectivity index (χ1n) is 5.77. The topological polar surface area (TPSA) is 52.8 Å². The van der Waals surface area contributed by atoms with Gasteiger partial charge < -0.3 is 10.2 Å². The normalized spacial score (nSPS) is 12.7. The van der Waals surface area contributed by atoms with Crippen LogP contribution < -0.4 is 0 Å². The zero-order valence-corrected chi connectivity index (χ0v) is 9.90. The van der Waals surface area contributed by atoms with Crippen LogP contribution >= 0.6 is 0 Å². The average molecular weight is 241 g/mol. The molecule has 0 aliphatic heterocycles. The third kappa shape index (κ3) is 3.43. The quantitative estimate of drug-likeness (QED) is 0.808. The maximum Gasteiger partial charge on any atom is 0.116 e. The van der Waals surface area contributed by atoms with Crippen LogP contribution in [0.3, 0.4) is 0 Å². The van der Waals surface area contributed by atoms with Crippen molar-refractivity contribution in [2.24, 2.45) is 4.99 Å². The molecule has 2 N–H and O–H groups in total. The van der Waals surface area contributed by atoms with Gasteiger partial charge in [0.25, 0.3) is 0 Å². The predicted molar refractivity (Wildman–Crippen MR) is 72.0 cm³/mol. The molecular formula is C15H15NO2. The average Bonchev–Trinajstić information content (AvgIpc) is 2.40. The zero-order valence-electron chi connectivity index (χ0n) is 9.90. The van der Waals surface area contributed by atoms with E-state index in [4.69, 9.17) is 0 Å². The molecule has 92 valence electrons. The van der Waals surface area contributed by atoms with Crippen LogP contribution in [0, 0.1) is 0 Å². The Hall–Kier alpha value is -2.13. The Morgan fingerprint density at radius 3 is 2.56 bits per heavy atom. The number of aliphatic hydroxyl groups is 1. The second kappa shape index (κ2) is 5.98. The summed E-state index contributed by atoms with van der Waals surface area (Å²) in [6, 6.07) is 16.3. The Bertz CT molecular complexity index is 523. The van der Waals surface area contributed by atoms with Crippen LogP contribution in [0.2, 0.25) is 0 Å². The monoisotopic (exact) mass is 241 g/mol. The summed E-state index contributed by atoms with van der Waals surface area (Å²) >= 11 is 0. The molecule has 3 nitrogen and oxygen atoms in total. The van der Waals surface area contributed by atoms with Crippen molar-refractivity contribution in [1.82, 2.24) is 0 Å². The first kappa shape index (κ1) is 12.3. The summed E-state index contributed by atoms with van der Waals surface area (Å²) in [5.74, 6) is 0.211. The van der Waals surface area contributed by atoms with Gasteiger partial charge in [-0.2, -0.15) is 0 Å². The molecule has 0 heterocycles. The van der Waals surface area contributed by atoms with Gasteiger partial charge in [-0.3, -0.25) is 4.99 Å². The van der Waals surface area contributed by atoms with Crippen molar-refractivity contribution in [3.8, 4) is 5.75 Å². The van der Waals surface area contributed by atoms with Crippen LogP contribution in [0.5, 0.6) is 5.75 Å². The first-order valence-corrected chi connectivity index (χ1v) is 5.77. The Kier molecular flexibility index (Phi) is 4.10. The zero-order chi connectivity index (χ0) is 12.8. The molecule has 18 heavy (non-hydrogen) atoms. The molecule has 0 spiro atoms. The van der Waals surface area contributed by atoms with Crippen LogP contribution in [0.4, 0.5) is 0 Å². The van der Waals surface area contributed by atoms with Crippen molar-refractivity contribution in [2.75, 3.05) is 6.54 Å². The maximum atomic E-state index is 9.89. The Balaban J connectivity index is 1.96. The largest absolute Gasteiger partial charge is 0.508 e. The molecule has 0 aromatic heterocycles. The highest BCUT2D eigenvalue weighted by atomic mass is 16.3. The minimum Gasteiger partial charge on any atom is -0.508 e. The fourth-order valence-corrected chi connectivity index (χ4v) is 1.64. The van der Waals surface area contributed by atoms with E-state index in [0.717, 1.165) is 11.1 Å². The van der Waals surface area contributed by atoms with Gasteiger partial charge in [0.05, 0.1) is 12.6 Å². The highest BCUT2D eigenvalue weighted by Gasteiger charge is 2.04. The molecule has 0 aliphatic carbocycles. The first-order chi connectivity index (χ1) is 8.75. The molecular weight excluding hydrogens is 226 g/mol. The fourth-order valence-electron chi connectivity index (χ4n) is 1.64. The molecule has 2 aromatic carbocycles. The van der Waals surface area contributed by atoms with E-state index in [2.05, 4.69) is 4.99 Å². The summed E-state index contributed by atoms with van der Waals surface area (Å²) in [6.07, 6.45) is 1.05. The molecule has 0 unspecified atom stereocenters. The number of hydrogen-bond donors (Lipinski definition) is 2. The third-order valence-corrected chi connectivity index (χ3v) is 2.57. The number of hydrogen-bond acceptors (Lipinski definition) is 3. The summed E-state index contributed by atoms with van der Waals surface area (Å²) in [6.45, 7) is 0.305. The van der Waals surface area contributed by atoms with E-state index in [0.29, 0.717) is 6.54 Å². The number of phenolic OH excluding ortho intramolecular Hbond substituents is 1. The van der Waals surface area contributed by atoms with Gasteiger partial charge in [0.15, 0.2) is 0 Å². The summed E-state index contributed by atoms with van der Waals surface area (Å²) < 4.78 is 0. The van der Waals surface area contributed by atoms with E-state index in [-0.39, 0.29) is 5.75 Å². The lowest BCUT2D eigenvalue weighted by Crippen LogP contribution is -2.01. The molecule has 0 fully saturated rings. The standard InChI is InChI=1S/C15H15NO2/c17-14-8-4-5-12(9-14)10-16-11-15(18)13-6-2-1-3-7-13/h1-10,15,17-18H,11H2/t15-/m0/s1.